The second-order valence-electron chi connectivity index (χ2n) is 2.79. The van der Waals surface area contributed by atoms with E-state index in [1.54, 1.807) is 0 Å². The van der Waals surface area contributed by atoms with Crippen molar-refractivity contribution in [1.82, 2.24) is 0 Å². The van der Waals surface area contributed by atoms with E-state index in [4.69, 9.17) is 10.2 Å². The smallest absolute Gasteiger partial charge is 0.306 e. The summed E-state index contributed by atoms with van der Waals surface area (Å²) in [6.07, 6.45) is -1.97. The molecule has 1 aromatic rings. The van der Waals surface area contributed by atoms with E-state index in [2.05, 4.69) is 0 Å². The van der Waals surface area contributed by atoms with Crippen molar-refractivity contribution >= 4 is 5.97 Å². The monoisotopic (exact) mass is 200 g/mol. The van der Waals surface area contributed by atoms with Crippen LogP contribution in [-0.2, 0) is 4.79 Å². The molecule has 1 atom stereocenters. The standard InChI is InChI=1S/C9H9FO4/c10-6-3-1-2-5(9(6)14)7(11)4-8(12)13/h1-3,7,11,14H,4H2,(H,12,13)/t7-/m0/s1. The highest BCUT2D eigenvalue weighted by Crippen LogP contribution is 2.28. The maximum absolute atomic E-state index is 12.8. The van der Waals surface area contributed by atoms with Crippen LogP contribution in [0.4, 0.5) is 4.39 Å². The minimum Gasteiger partial charge on any atom is -0.505 e. The van der Waals surface area contributed by atoms with E-state index >= 15 is 0 Å². The van der Waals surface area contributed by atoms with Crippen LogP contribution in [0.5, 0.6) is 5.75 Å². The van der Waals surface area contributed by atoms with Crippen molar-refractivity contribution in [2.24, 2.45) is 0 Å². The van der Waals surface area contributed by atoms with Crippen molar-refractivity contribution in [1.29, 1.82) is 0 Å². The van der Waals surface area contributed by atoms with Crippen LogP contribution in [-0.4, -0.2) is 21.3 Å². The maximum atomic E-state index is 12.8. The number of carbonyl (C=O) groups is 1. The Balaban J connectivity index is 2.95. The van der Waals surface area contributed by atoms with Crippen molar-refractivity contribution in [2.45, 2.75) is 12.5 Å². The lowest BCUT2D eigenvalue weighted by Crippen LogP contribution is -2.06. The van der Waals surface area contributed by atoms with Gasteiger partial charge in [-0.15, -0.1) is 0 Å². The van der Waals surface area contributed by atoms with Gasteiger partial charge < -0.3 is 15.3 Å². The second kappa shape index (κ2) is 4.06. The first-order valence-corrected chi connectivity index (χ1v) is 3.89. The molecule has 0 aliphatic rings. The molecular formula is C9H9FO4. The number of phenolic OH excluding ortho intramolecular Hbond substituents is 1. The van der Waals surface area contributed by atoms with Crippen LogP contribution in [0.2, 0.25) is 0 Å². The molecule has 0 spiro atoms. The van der Waals surface area contributed by atoms with Gasteiger partial charge in [0.25, 0.3) is 0 Å². The molecule has 0 radical (unpaired) electrons. The number of hydrogen-bond acceptors (Lipinski definition) is 3. The van der Waals surface area contributed by atoms with E-state index < -0.39 is 30.1 Å². The summed E-state index contributed by atoms with van der Waals surface area (Å²) in [5.74, 6) is -2.81. The average molecular weight is 200 g/mol. The number of para-hydroxylation sites is 1. The van der Waals surface area contributed by atoms with Crippen LogP contribution in [0.3, 0.4) is 0 Å². The highest BCUT2D eigenvalue weighted by molar-refractivity contribution is 5.67. The topological polar surface area (TPSA) is 77.8 Å². The van der Waals surface area contributed by atoms with E-state index in [-0.39, 0.29) is 5.56 Å². The molecule has 0 heterocycles. The fraction of sp³-hybridized carbons (Fsp3) is 0.222. The zero-order chi connectivity index (χ0) is 10.7. The Kier molecular flexibility index (Phi) is 3.03. The number of phenols is 1. The Morgan fingerprint density at radius 2 is 2.14 bits per heavy atom. The zero-order valence-corrected chi connectivity index (χ0v) is 7.14. The first-order valence-electron chi connectivity index (χ1n) is 3.89. The Bertz CT molecular complexity index is 351. The highest BCUT2D eigenvalue weighted by Gasteiger charge is 2.17. The molecule has 0 amide bonds. The van der Waals surface area contributed by atoms with Gasteiger partial charge in [-0.3, -0.25) is 4.79 Å². The van der Waals surface area contributed by atoms with Crippen molar-refractivity contribution in [3.05, 3.63) is 29.6 Å². The zero-order valence-electron chi connectivity index (χ0n) is 7.14. The van der Waals surface area contributed by atoms with Crippen molar-refractivity contribution < 1.29 is 24.5 Å². The number of aromatic hydroxyl groups is 1. The van der Waals surface area contributed by atoms with Gasteiger partial charge in [-0.05, 0) is 6.07 Å². The van der Waals surface area contributed by atoms with Crippen LogP contribution < -0.4 is 0 Å². The molecule has 0 unspecified atom stereocenters. The fourth-order valence-corrected chi connectivity index (χ4v) is 1.08. The van der Waals surface area contributed by atoms with E-state index in [0.717, 1.165) is 6.07 Å². The summed E-state index contributed by atoms with van der Waals surface area (Å²) < 4.78 is 12.8. The predicted octanol–water partition coefficient (Wildman–Crippen LogP) is 1.04. The predicted molar refractivity (Wildman–Crippen MR) is 45.3 cm³/mol. The molecule has 0 saturated heterocycles. The van der Waals surface area contributed by atoms with E-state index in [0.29, 0.717) is 0 Å². The van der Waals surface area contributed by atoms with E-state index in [9.17, 15) is 14.3 Å². The molecule has 0 saturated carbocycles. The molecule has 3 N–H and O–H groups in total. The summed E-state index contributed by atoms with van der Waals surface area (Å²) in [6, 6.07) is 3.58. The number of halogens is 1. The van der Waals surface area contributed by atoms with Crippen molar-refractivity contribution in [3.8, 4) is 5.75 Å². The molecule has 76 valence electrons. The normalized spacial score (nSPS) is 12.4. The van der Waals surface area contributed by atoms with Crippen LogP contribution >= 0.6 is 0 Å². The summed E-state index contributed by atoms with van der Waals surface area (Å²) in [6.45, 7) is 0. The van der Waals surface area contributed by atoms with Crippen LogP contribution in [0.15, 0.2) is 18.2 Å². The van der Waals surface area contributed by atoms with Gasteiger partial charge in [-0.1, -0.05) is 12.1 Å². The molecule has 1 aromatic carbocycles. The van der Waals surface area contributed by atoms with Gasteiger partial charge in [0.05, 0.1) is 12.5 Å². The van der Waals surface area contributed by atoms with Crippen LogP contribution in [0, 0.1) is 5.82 Å². The summed E-state index contributed by atoms with van der Waals surface area (Å²) in [5, 5.41) is 26.8. The summed E-state index contributed by atoms with van der Waals surface area (Å²) in [5.41, 5.74) is -0.118. The molecule has 0 fully saturated rings. The second-order valence-corrected chi connectivity index (χ2v) is 2.79. The first-order chi connectivity index (χ1) is 6.52. The lowest BCUT2D eigenvalue weighted by atomic mass is 10.1. The molecule has 1 rings (SSSR count). The minimum atomic E-state index is -1.40. The first kappa shape index (κ1) is 10.5. The van der Waals surface area contributed by atoms with Crippen LogP contribution in [0.25, 0.3) is 0 Å². The molecule has 0 aliphatic heterocycles. The number of aliphatic hydroxyl groups excluding tert-OH is 1. The van der Waals surface area contributed by atoms with E-state index in [1.807, 2.05) is 0 Å². The highest BCUT2D eigenvalue weighted by atomic mass is 19.1. The number of aliphatic hydroxyl groups is 1. The van der Waals surface area contributed by atoms with Gasteiger partial charge in [0.15, 0.2) is 11.6 Å². The number of benzene rings is 1. The number of carboxylic acids is 1. The third-order valence-corrected chi connectivity index (χ3v) is 1.74. The molecule has 4 nitrogen and oxygen atoms in total. The third-order valence-electron chi connectivity index (χ3n) is 1.74. The lowest BCUT2D eigenvalue weighted by molar-refractivity contribution is -0.139. The average Bonchev–Trinajstić information content (AvgIpc) is 2.08. The number of aliphatic carboxylic acids is 1. The lowest BCUT2D eigenvalue weighted by Gasteiger charge is -2.10. The van der Waals surface area contributed by atoms with Gasteiger partial charge in [-0.25, -0.2) is 4.39 Å². The van der Waals surface area contributed by atoms with Crippen molar-refractivity contribution in [2.75, 3.05) is 0 Å². The van der Waals surface area contributed by atoms with Gasteiger partial charge in [-0.2, -0.15) is 0 Å². The summed E-state index contributed by atoms with van der Waals surface area (Å²) in [4.78, 5) is 10.2. The fourth-order valence-electron chi connectivity index (χ4n) is 1.08. The molecule has 5 heteroatoms. The van der Waals surface area contributed by atoms with Gasteiger partial charge in [0, 0.05) is 5.56 Å². The third kappa shape index (κ3) is 2.20. The summed E-state index contributed by atoms with van der Waals surface area (Å²) >= 11 is 0. The largest absolute Gasteiger partial charge is 0.505 e. The van der Waals surface area contributed by atoms with Crippen LogP contribution in [0.1, 0.15) is 18.1 Å². The Morgan fingerprint density at radius 3 is 2.71 bits per heavy atom. The minimum absolute atomic E-state index is 0.118. The van der Waals surface area contributed by atoms with E-state index in [1.165, 1.54) is 12.1 Å². The van der Waals surface area contributed by atoms with Gasteiger partial charge >= 0.3 is 5.97 Å². The number of rotatable bonds is 3. The molecule has 0 aliphatic carbocycles. The molecule has 14 heavy (non-hydrogen) atoms. The quantitative estimate of drug-likeness (QED) is 0.681. The molecule has 0 aromatic heterocycles. The molecular weight excluding hydrogens is 191 g/mol. The van der Waals surface area contributed by atoms with Gasteiger partial charge in [0.2, 0.25) is 0 Å². The SMILES string of the molecule is O=C(O)C[C@H](O)c1cccc(F)c1O. The summed E-state index contributed by atoms with van der Waals surface area (Å²) in [7, 11) is 0. The van der Waals surface area contributed by atoms with Gasteiger partial charge in [0.1, 0.15) is 0 Å². The number of carboxylic acid groups (broad SMARTS) is 1. The number of hydrogen-bond donors (Lipinski definition) is 3. The maximum Gasteiger partial charge on any atom is 0.306 e. The Hall–Kier alpha value is -1.62. The molecule has 0 bridgehead atoms. The van der Waals surface area contributed by atoms with Crippen molar-refractivity contribution in [3.63, 3.8) is 0 Å². The Labute approximate surface area is 79.2 Å². The Morgan fingerprint density at radius 1 is 1.50 bits per heavy atom.